The topological polar surface area (TPSA) is 32.3 Å². The maximum Gasteiger partial charge on any atom is 0.0753 e. The Balaban J connectivity index is 2.14. The summed E-state index contributed by atoms with van der Waals surface area (Å²) in [5, 5.41) is 9.16. The fourth-order valence-electron chi connectivity index (χ4n) is 1.66. The van der Waals surface area contributed by atoms with Crippen LogP contribution in [0.5, 0.6) is 0 Å². The molecule has 0 aromatic heterocycles. The van der Waals surface area contributed by atoms with E-state index < -0.39 is 0 Å². The standard InChI is InChI=1S/C15H15NO/c17-16-15(14-9-5-2-6-10-14)12-11-13-7-3-1-4-8-13/h1-12,15-17H/b12-11+. The van der Waals surface area contributed by atoms with Gasteiger partial charge in [-0.05, 0) is 11.1 Å². The number of hydrogen-bond acceptors (Lipinski definition) is 2. The summed E-state index contributed by atoms with van der Waals surface area (Å²) in [4.78, 5) is 0. The Hall–Kier alpha value is -1.90. The van der Waals surface area contributed by atoms with Crippen molar-refractivity contribution in [2.45, 2.75) is 6.04 Å². The molecule has 0 bridgehead atoms. The third-order valence-electron chi connectivity index (χ3n) is 2.58. The molecule has 17 heavy (non-hydrogen) atoms. The van der Waals surface area contributed by atoms with E-state index in [2.05, 4.69) is 5.48 Å². The number of hydroxylamine groups is 1. The fourth-order valence-corrected chi connectivity index (χ4v) is 1.66. The van der Waals surface area contributed by atoms with Crippen molar-refractivity contribution in [1.82, 2.24) is 5.48 Å². The van der Waals surface area contributed by atoms with Gasteiger partial charge in [-0.25, -0.2) is 0 Å². The molecular weight excluding hydrogens is 210 g/mol. The predicted molar refractivity (Wildman–Crippen MR) is 69.6 cm³/mol. The zero-order valence-corrected chi connectivity index (χ0v) is 9.45. The summed E-state index contributed by atoms with van der Waals surface area (Å²) in [5.41, 5.74) is 4.45. The van der Waals surface area contributed by atoms with Gasteiger partial charge in [0, 0.05) is 0 Å². The Bertz CT molecular complexity index is 465. The van der Waals surface area contributed by atoms with E-state index in [9.17, 15) is 0 Å². The molecule has 2 rings (SSSR count). The van der Waals surface area contributed by atoms with Crippen LogP contribution >= 0.6 is 0 Å². The van der Waals surface area contributed by atoms with Gasteiger partial charge in [-0.1, -0.05) is 72.8 Å². The summed E-state index contributed by atoms with van der Waals surface area (Å²) in [5.74, 6) is 0. The van der Waals surface area contributed by atoms with Crippen molar-refractivity contribution in [2.75, 3.05) is 0 Å². The van der Waals surface area contributed by atoms with E-state index in [4.69, 9.17) is 5.21 Å². The fraction of sp³-hybridized carbons (Fsp3) is 0.0667. The molecule has 0 heterocycles. The summed E-state index contributed by atoms with van der Waals surface area (Å²) in [7, 11) is 0. The second-order valence-electron chi connectivity index (χ2n) is 3.79. The molecule has 0 aliphatic heterocycles. The molecule has 0 saturated heterocycles. The highest BCUT2D eigenvalue weighted by Gasteiger charge is 2.04. The molecule has 86 valence electrons. The van der Waals surface area contributed by atoms with Gasteiger partial charge in [0.1, 0.15) is 0 Å². The largest absolute Gasteiger partial charge is 0.316 e. The van der Waals surface area contributed by atoms with E-state index in [1.165, 1.54) is 0 Å². The van der Waals surface area contributed by atoms with E-state index in [-0.39, 0.29) is 6.04 Å². The van der Waals surface area contributed by atoms with Crippen molar-refractivity contribution in [2.24, 2.45) is 0 Å². The second-order valence-corrected chi connectivity index (χ2v) is 3.79. The molecule has 0 amide bonds. The van der Waals surface area contributed by atoms with E-state index in [1.807, 2.05) is 72.8 Å². The number of hydrogen-bond donors (Lipinski definition) is 2. The number of rotatable bonds is 4. The highest BCUT2D eigenvalue weighted by atomic mass is 16.5. The minimum absolute atomic E-state index is 0.184. The van der Waals surface area contributed by atoms with Crippen molar-refractivity contribution in [3.05, 3.63) is 77.9 Å². The molecule has 0 saturated carbocycles. The zero-order chi connectivity index (χ0) is 11.9. The van der Waals surface area contributed by atoms with Gasteiger partial charge in [-0.3, -0.25) is 0 Å². The average molecular weight is 225 g/mol. The Morgan fingerprint density at radius 2 is 1.47 bits per heavy atom. The molecule has 2 aromatic carbocycles. The number of nitrogens with one attached hydrogen (secondary N) is 1. The molecule has 0 fully saturated rings. The lowest BCUT2D eigenvalue weighted by Gasteiger charge is -2.10. The van der Waals surface area contributed by atoms with Crippen molar-refractivity contribution in [1.29, 1.82) is 0 Å². The van der Waals surface area contributed by atoms with Crippen LogP contribution in [0.15, 0.2) is 66.7 Å². The second kappa shape index (κ2) is 5.99. The summed E-state index contributed by atoms with van der Waals surface area (Å²) in [6.45, 7) is 0. The molecule has 1 unspecified atom stereocenters. The van der Waals surface area contributed by atoms with E-state index in [1.54, 1.807) is 0 Å². The Labute approximate surface area is 101 Å². The van der Waals surface area contributed by atoms with Gasteiger partial charge < -0.3 is 5.21 Å². The van der Waals surface area contributed by atoms with E-state index in [0.717, 1.165) is 11.1 Å². The average Bonchev–Trinajstić information content (AvgIpc) is 2.42. The molecule has 0 radical (unpaired) electrons. The quantitative estimate of drug-likeness (QED) is 0.781. The Morgan fingerprint density at radius 3 is 2.06 bits per heavy atom. The monoisotopic (exact) mass is 225 g/mol. The molecule has 2 nitrogen and oxygen atoms in total. The molecule has 2 aromatic rings. The Morgan fingerprint density at radius 1 is 0.882 bits per heavy atom. The lowest BCUT2D eigenvalue weighted by Crippen LogP contribution is -2.14. The van der Waals surface area contributed by atoms with Crippen LogP contribution in [0.3, 0.4) is 0 Å². The lowest BCUT2D eigenvalue weighted by molar-refractivity contribution is 0.144. The molecule has 2 heteroatoms. The predicted octanol–water partition coefficient (Wildman–Crippen LogP) is 3.42. The van der Waals surface area contributed by atoms with Crippen LogP contribution in [0, 0.1) is 0 Å². The highest BCUT2D eigenvalue weighted by molar-refractivity contribution is 5.50. The first-order valence-corrected chi connectivity index (χ1v) is 5.58. The SMILES string of the molecule is ONC(/C=C/c1ccccc1)c1ccccc1. The van der Waals surface area contributed by atoms with Crippen LogP contribution in [0.25, 0.3) is 6.08 Å². The first kappa shape index (κ1) is 11.6. The van der Waals surface area contributed by atoms with Crippen LogP contribution in [-0.4, -0.2) is 5.21 Å². The third-order valence-corrected chi connectivity index (χ3v) is 2.58. The van der Waals surface area contributed by atoms with E-state index >= 15 is 0 Å². The van der Waals surface area contributed by atoms with Crippen molar-refractivity contribution < 1.29 is 5.21 Å². The van der Waals surface area contributed by atoms with Crippen LogP contribution in [-0.2, 0) is 0 Å². The van der Waals surface area contributed by atoms with Crippen molar-refractivity contribution >= 4 is 6.08 Å². The molecule has 2 N–H and O–H groups in total. The van der Waals surface area contributed by atoms with Gasteiger partial charge in [0.25, 0.3) is 0 Å². The van der Waals surface area contributed by atoms with Gasteiger partial charge in [-0.15, -0.1) is 0 Å². The minimum Gasteiger partial charge on any atom is -0.316 e. The van der Waals surface area contributed by atoms with Crippen LogP contribution < -0.4 is 5.48 Å². The maximum absolute atomic E-state index is 9.16. The molecule has 0 spiro atoms. The van der Waals surface area contributed by atoms with Gasteiger partial charge in [-0.2, -0.15) is 5.48 Å². The van der Waals surface area contributed by atoms with Crippen molar-refractivity contribution in [3.8, 4) is 0 Å². The summed E-state index contributed by atoms with van der Waals surface area (Å²) in [6.07, 6.45) is 3.92. The minimum atomic E-state index is -0.184. The van der Waals surface area contributed by atoms with Crippen LogP contribution in [0.4, 0.5) is 0 Å². The van der Waals surface area contributed by atoms with Crippen LogP contribution in [0.1, 0.15) is 17.2 Å². The van der Waals surface area contributed by atoms with Crippen molar-refractivity contribution in [3.63, 3.8) is 0 Å². The third kappa shape index (κ3) is 3.28. The smallest absolute Gasteiger partial charge is 0.0753 e. The molecular formula is C15H15NO. The van der Waals surface area contributed by atoms with Crippen LogP contribution in [0.2, 0.25) is 0 Å². The highest BCUT2D eigenvalue weighted by Crippen LogP contribution is 2.14. The van der Waals surface area contributed by atoms with Gasteiger partial charge >= 0.3 is 0 Å². The molecule has 0 aliphatic rings. The first-order valence-electron chi connectivity index (χ1n) is 5.58. The van der Waals surface area contributed by atoms with Gasteiger partial charge in [0.2, 0.25) is 0 Å². The zero-order valence-electron chi connectivity index (χ0n) is 9.45. The Kier molecular flexibility index (Phi) is 4.08. The summed E-state index contributed by atoms with van der Waals surface area (Å²) < 4.78 is 0. The van der Waals surface area contributed by atoms with Gasteiger partial charge in [0.15, 0.2) is 0 Å². The summed E-state index contributed by atoms with van der Waals surface area (Å²) in [6, 6.07) is 19.6. The number of benzene rings is 2. The first-order chi connectivity index (χ1) is 8.40. The lowest BCUT2D eigenvalue weighted by atomic mass is 10.1. The summed E-state index contributed by atoms with van der Waals surface area (Å²) >= 11 is 0. The molecule has 0 aliphatic carbocycles. The normalized spacial score (nSPS) is 12.8. The maximum atomic E-state index is 9.16. The van der Waals surface area contributed by atoms with E-state index in [0.29, 0.717) is 0 Å². The van der Waals surface area contributed by atoms with Gasteiger partial charge in [0.05, 0.1) is 6.04 Å². The molecule has 1 atom stereocenters.